The van der Waals surface area contributed by atoms with Crippen molar-refractivity contribution in [3.05, 3.63) is 63.6 Å². The van der Waals surface area contributed by atoms with E-state index in [0.29, 0.717) is 11.6 Å². The van der Waals surface area contributed by atoms with E-state index in [4.69, 9.17) is 28.9 Å². The van der Waals surface area contributed by atoms with Crippen molar-refractivity contribution in [2.24, 2.45) is 5.73 Å². The number of benzene rings is 2. The highest BCUT2D eigenvalue weighted by Crippen LogP contribution is 2.32. The van der Waals surface area contributed by atoms with Gasteiger partial charge in [-0.2, -0.15) is 0 Å². The van der Waals surface area contributed by atoms with E-state index in [0.717, 1.165) is 21.8 Å². The lowest BCUT2D eigenvalue weighted by Crippen LogP contribution is -2.23. The van der Waals surface area contributed by atoms with Gasteiger partial charge in [0.05, 0.1) is 6.04 Å². The van der Waals surface area contributed by atoms with Crippen molar-refractivity contribution in [3.8, 4) is 0 Å². The Morgan fingerprint density at radius 2 is 1.85 bits per heavy atom. The lowest BCUT2D eigenvalue weighted by molar-refractivity contribution is 0.735. The van der Waals surface area contributed by atoms with Gasteiger partial charge in [-0.1, -0.05) is 41.4 Å². The van der Waals surface area contributed by atoms with Crippen LogP contribution in [0, 0.1) is 0 Å². The maximum absolute atomic E-state index is 6.22. The first-order valence-corrected chi connectivity index (χ1v) is 7.26. The van der Waals surface area contributed by atoms with E-state index in [2.05, 4.69) is 17.9 Å². The van der Waals surface area contributed by atoms with Crippen molar-refractivity contribution in [2.45, 2.75) is 19.5 Å². The molecule has 0 saturated heterocycles. The summed E-state index contributed by atoms with van der Waals surface area (Å²) in [6, 6.07) is 13.9. The van der Waals surface area contributed by atoms with Crippen LogP contribution in [0.5, 0.6) is 0 Å². The molecule has 0 saturated carbocycles. The molecular weight excluding hydrogens is 291 g/mol. The molecule has 0 aliphatic heterocycles. The molecule has 1 atom stereocenters. The summed E-state index contributed by atoms with van der Waals surface area (Å²) in [5, 5.41) is 1.45. The Labute approximate surface area is 130 Å². The Hall–Kier alpha value is -1.22. The molecule has 0 bridgehead atoms. The minimum atomic E-state index is 0.178. The van der Waals surface area contributed by atoms with Gasteiger partial charge in [0.2, 0.25) is 0 Å². The minimum Gasteiger partial charge on any atom is -0.368 e. The molecule has 2 N–H and O–H groups in total. The van der Waals surface area contributed by atoms with Gasteiger partial charge in [0.15, 0.2) is 0 Å². The Balaban J connectivity index is 2.36. The van der Waals surface area contributed by atoms with Crippen LogP contribution in [0.1, 0.15) is 24.1 Å². The molecule has 0 amide bonds. The van der Waals surface area contributed by atoms with Crippen LogP contribution in [0.4, 0.5) is 5.69 Å². The highest BCUT2D eigenvalue weighted by Gasteiger charge is 2.16. The molecule has 0 aliphatic rings. The highest BCUT2D eigenvalue weighted by atomic mass is 35.5. The molecule has 0 heterocycles. The fraction of sp³-hybridized carbons (Fsp3) is 0.250. The molecule has 2 aromatic carbocycles. The third-order valence-corrected chi connectivity index (χ3v) is 4.18. The summed E-state index contributed by atoms with van der Waals surface area (Å²) in [7, 11) is 2.04. The van der Waals surface area contributed by atoms with Crippen LogP contribution in [0.3, 0.4) is 0 Å². The van der Waals surface area contributed by atoms with Crippen molar-refractivity contribution in [1.29, 1.82) is 0 Å². The van der Waals surface area contributed by atoms with Crippen LogP contribution in [-0.4, -0.2) is 7.05 Å². The van der Waals surface area contributed by atoms with Crippen LogP contribution < -0.4 is 10.6 Å². The Morgan fingerprint density at radius 1 is 1.15 bits per heavy atom. The van der Waals surface area contributed by atoms with Gasteiger partial charge in [0, 0.05) is 34.9 Å². The van der Waals surface area contributed by atoms with Crippen LogP contribution in [-0.2, 0) is 6.54 Å². The zero-order valence-electron chi connectivity index (χ0n) is 11.6. The number of nitrogens with two attached hydrogens (primary N) is 1. The molecule has 2 aromatic rings. The molecule has 4 heteroatoms. The lowest BCUT2D eigenvalue weighted by Gasteiger charge is -2.29. The Morgan fingerprint density at radius 3 is 2.50 bits per heavy atom. The molecular formula is C16H18Cl2N2. The van der Waals surface area contributed by atoms with E-state index < -0.39 is 0 Å². The molecule has 20 heavy (non-hydrogen) atoms. The van der Waals surface area contributed by atoms with Gasteiger partial charge in [-0.3, -0.25) is 0 Å². The predicted molar refractivity (Wildman–Crippen MR) is 87.6 cm³/mol. The van der Waals surface area contributed by atoms with Gasteiger partial charge in [-0.05, 0) is 36.8 Å². The zero-order chi connectivity index (χ0) is 14.7. The number of rotatable bonds is 4. The topological polar surface area (TPSA) is 29.3 Å². The van der Waals surface area contributed by atoms with E-state index in [1.807, 2.05) is 43.4 Å². The van der Waals surface area contributed by atoms with Crippen LogP contribution in [0.15, 0.2) is 42.5 Å². The minimum absolute atomic E-state index is 0.178. The molecule has 0 radical (unpaired) electrons. The standard InChI is InChI=1S/C16H18Cl2N2/c1-11(12-5-3-6-13(17)9-12)20(2)16-8-4-7-15(18)14(16)10-19/h3-9,11H,10,19H2,1-2H3. The number of anilines is 1. The molecule has 0 aromatic heterocycles. The van der Waals surface area contributed by atoms with Crippen LogP contribution in [0.25, 0.3) is 0 Å². The zero-order valence-corrected chi connectivity index (χ0v) is 13.1. The van der Waals surface area contributed by atoms with E-state index in [-0.39, 0.29) is 6.04 Å². The average Bonchev–Trinajstić information content (AvgIpc) is 2.45. The summed E-state index contributed by atoms with van der Waals surface area (Å²) in [5.74, 6) is 0. The smallest absolute Gasteiger partial charge is 0.0511 e. The molecule has 2 rings (SSSR count). The van der Waals surface area contributed by atoms with E-state index in [1.165, 1.54) is 0 Å². The second-order valence-electron chi connectivity index (χ2n) is 4.78. The second-order valence-corrected chi connectivity index (χ2v) is 5.63. The second kappa shape index (κ2) is 6.49. The van der Waals surface area contributed by atoms with Gasteiger partial charge >= 0.3 is 0 Å². The summed E-state index contributed by atoms with van der Waals surface area (Å²) >= 11 is 12.3. The Kier molecular flexibility index (Phi) is 4.92. The summed E-state index contributed by atoms with van der Waals surface area (Å²) < 4.78 is 0. The first kappa shape index (κ1) is 15.2. The van der Waals surface area contributed by atoms with E-state index >= 15 is 0 Å². The van der Waals surface area contributed by atoms with Crippen LogP contribution >= 0.6 is 23.2 Å². The quantitative estimate of drug-likeness (QED) is 0.891. The summed E-state index contributed by atoms with van der Waals surface area (Å²) in [4.78, 5) is 2.17. The molecule has 0 aliphatic carbocycles. The van der Waals surface area contributed by atoms with E-state index in [1.54, 1.807) is 0 Å². The molecule has 2 nitrogen and oxygen atoms in total. The summed E-state index contributed by atoms with van der Waals surface area (Å²) in [6.45, 7) is 2.55. The van der Waals surface area contributed by atoms with Crippen molar-refractivity contribution in [3.63, 3.8) is 0 Å². The first-order valence-electron chi connectivity index (χ1n) is 6.50. The van der Waals surface area contributed by atoms with Crippen molar-refractivity contribution < 1.29 is 0 Å². The molecule has 1 unspecified atom stereocenters. The highest BCUT2D eigenvalue weighted by molar-refractivity contribution is 6.31. The predicted octanol–water partition coefficient (Wildman–Crippen LogP) is 4.65. The fourth-order valence-corrected chi connectivity index (χ4v) is 2.72. The monoisotopic (exact) mass is 308 g/mol. The summed E-state index contributed by atoms with van der Waals surface area (Å²) in [6.07, 6.45) is 0. The average molecular weight is 309 g/mol. The van der Waals surface area contributed by atoms with Gasteiger partial charge < -0.3 is 10.6 Å². The van der Waals surface area contributed by atoms with Gasteiger partial charge in [0.25, 0.3) is 0 Å². The SMILES string of the molecule is CC(c1cccc(Cl)c1)N(C)c1cccc(Cl)c1CN. The molecule has 0 spiro atoms. The van der Waals surface area contributed by atoms with Gasteiger partial charge in [0.1, 0.15) is 0 Å². The maximum atomic E-state index is 6.22. The number of halogens is 2. The van der Waals surface area contributed by atoms with Crippen molar-refractivity contribution >= 4 is 28.9 Å². The number of hydrogen-bond acceptors (Lipinski definition) is 2. The third-order valence-electron chi connectivity index (χ3n) is 3.59. The third kappa shape index (κ3) is 3.09. The molecule has 0 fully saturated rings. The lowest BCUT2D eigenvalue weighted by atomic mass is 10.0. The fourth-order valence-electron chi connectivity index (χ4n) is 2.28. The number of nitrogens with zero attached hydrogens (tertiary/aromatic N) is 1. The first-order chi connectivity index (χ1) is 9.54. The Bertz CT molecular complexity index is 599. The van der Waals surface area contributed by atoms with Gasteiger partial charge in [-0.15, -0.1) is 0 Å². The van der Waals surface area contributed by atoms with Crippen molar-refractivity contribution in [2.75, 3.05) is 11.9 Å². The number of hydrogen-bond donors (Lipinski definition) is 1. The normalized spacial score (nSPS) is 12.2. The maximum Gasteiger partial charge on any atom is 0.0511 e. The van der Waals surface area contributed by atoms with Gasteiger partial charge in [-0.25, -0.2) is 0 Å². The molecule has 106 valence electrons. The summed E-state index contributed by atoms with van der Waals surface area (Å²) in [5.41, 5.74) is 8.99. The van der Waals surface area contributed by atoms with Crippen molar-refractivity contribution in [1.82, 2.24) is 0 Å². The largest absolute Gasteiger partial charge is 0.368 e. The van der Waals surface area contributed by atoms with Crippen LogP contribution in [0.2, 0.25) is 10.0 Å². The van der Waals surface area contributed by atoms with E-state index in [9.17, 15) is 0 Å².